The molecule has 0 bridgehead atoms. The van der Waals surface area contributed by atoms with Gasteiger partial charge in [0.2, 0.25) is 0 Å². The van der Waals surface area contributed by atoms with E-state index in [-0.39, 0.29) is 12.0 Å². The van der Waals surface area contributed by atoms with E-state index in [9.17, 15) is 4.79 Å². The third-order valence-corrected chi connectivity index (χ3v) is 5.08. The summed E-state index contributed by atoms with van der Waals surface area (Å²) in [6, 6.07) is 4.00. The second kappa shape index (κ2) is 11.6. The van der Waals surface area contributed by atoms with Crippen molar-refractivity contribution in [2.75, 3.05) is 11.9 Å². The van der Waals surface area contributed by atoms with Gasteiger partial charge < -0.3 is 14.8 Å². The number of hydrogen-bond donors (Lipinski definition) is 1. The topological polar surface area (TPSA) is 47.6 Å². The summed E-state index contributed by atoms with van der Waals surface area (Å²) in [4.78, 5) is 13.5. The molecule has 4 heteroatoms. The summed E-state index contributed by atoms with van der Waals surface area (Å²) in [5.41, 5.74) is 2.08. The van der Waals surface area contributed by atoms with Gasteiger partial charge in [-0.2, -0.15) is 0 Å². The minimum absolute atomic E-state index is 0.0391. The number of rotatable bonds is 12. The van der Waals surface area contributed by atoms with Gasteiger partial charge in [0.15, 0.2) is 0 Å². The lowest BCUT2D eigenvalue weighted by molar-refractivity contribution is -0.147. The standard InChI is InChI=1S/C25H43NO3/c1-10-12-28-25(15-17(3)4,16-18(5)6)24(27)26-22-13-19(7)23(20(8)14-22)29-21(9)11-2/h13-14,17-18,21H,10-12,15-16H2,1-9H3,(H,26,27)/t21-/m0/s1. The van der Waals surface area contributed by atoms with Crippen LogP contribution < -0.4 is 10.1 Å². The third kappa shape index (κ3) is 7.65. The Bertz CT molecular complexity index is 618. The smallest absolute Gasteiger partial charge is 0.256 e. The van der Waals surface area contributed by atoms with E-state index in [4.69, 9.17) is 9.47 Å². The van der Waals surface area contributed by atoms with Crippen LogP contribution in [0.25, 0.3) is 0 Å². The quantitative estimate of drug-likeness (QED) is 0.422. The summed E-state index contributed by atoms with van der Waals surface area (Å²) in [5.74, 6) is 1.61. The molecule has 0 aliphatic carbocycles. The molecule has 1 amide bonds. The van der Waals surface area contributed by atoms with Crippen LogP contribution >= 0.6 is 0 Å². The van der Waals surface area contributed by atoms with Crippen molar-refractivity contribution < 1.29 is 14.3 Å². The maximum Gasteiger partial charge on any atom is 0.256 e. The van der Waals surface area contributed by atoms with Crippen molar-refractivity contribution in [3.8, 4) is 5.75 Å². The summed E-state index contributed by atoms with van der Waals surface area (Å²) in [7, 11) is 0. The van der Waals surface area contributed by atoms with Gasteiger partial charge in [0.25, 0.3) is 5.91 Å². The molecule has 0 aromatic heterocycles. The number of ether oxygens (including phenoxy) is 2. The molecule has 0 spiro atoms. The molecule has 0 unspecified atom stereocenters. The monoisotopic (exact) mass is 405 g/mol. The Balaban J connectivity index is 3.17. The molecule has 29 heavy (non-hydrogen) atoms. The fourth-order valence-electron chi connectivity index (χ4n) is 3.81. The molecule has 4 nitrogen and oxygen atoms in total. The minimum Gasteiger partial charge on any atom is -0.490 e. The summed E-state index contributed by atoms with van der Waals surface area (Å²) >= 11 is 0. The first kappa shape index (κ1) is 25.5. The van der Waals surface area contributed by atoms with E-state index in [2.05, 4.69) is 53.8 Å². The van der Waals surface area contributed by atoms with Crippen LogP contribution in [0.1, 0.15) is 85.3 Å². The fourth-order valence-corrected chi connectivity index (χ4v) is 3.81. The van der Waals surface area contributed by atoms with E-state index in [0.717, 1.165) is 35.4 Å². The van der Waals surface area contributed by atoms with E-state index in [1.807, 2.05) is 26.0 Å². The molecule has 0 aliphatic heterocycles. The van der Waals surface area contributed by atoms with Gasteiger partial charge in [-0.3, -0.25) is 4.79 Å². The van der Waals surface area contributed by atoms with Crippen molar-refractivity contribution in [3.63, 3.8) is 0 Å². The lowest BCUT2D eigenvalue weighted by Crippen LogP contribution is -2.48. The number of hydrogen-bond acceptors (Lipinski definition) is 3. The summed E-state index contributed by atoms with van der Waals surface area (Å²) in [6.07, 6.45) is 3.44. The van der Waals surface area contributed by atoms with Gasteiger partial charge in [-0.15, -0.1) is 0 Å². The molecule has 1 rings (SSSR count). The summed E-state index contributed by atoms with van der Waals surface area (Å²) in [5, 5.41) is 3.16. The highest BCUT2D eigenvalue weighted by molar-refractivity contribution is 5.97. The molecule has 1 N–H and O–H groups in total. The van der Waals surface area contributed by atoms with Crippen molar-refractivity contribution in [2.45, 2.75) is 99.7 Å². The van der Waals surface area contributed by atoms with E-state index in [0.29, 0.717) is 31.3 Å². The first-order valence-corrected chi connectivity index (χ1v) is 11.3. The first-order valence-electron chi connectivity index (χ1n) is 11.3. The lowest BCUT2D eigenvalue weighted by Gasteiger charge is -2.35. The normalized spacial score (nSPS) is 13.1. The Hall–Kier alpha value is -1.55. The average molecular weight is 406 g/mol. The number of carbonyl (C=O) groups excluding carboxylic acids is 1. The Labute approximate surface area is 178 Å². The van der Waals surface area contributed by atoms with Gasteiger partial charge in [-0.1, -0.05) is 41.5 Å². The maximum absolute atomic E-state index is 13.5. The number of aryl methyl sites for hydroxylation is 2. The SMILES string of the molecule is CCCOC(CC(C)C)(CC(C)C)C(=O)Nc1cc(C)c(O[C@@H](C)CC)c(C)c1. The lowest BCUT2D eigenvalue weighted by atomic mass is 9.83. The Morgan fingerprint density at radius 2 is 1.52 bits per heavy atom. The second-order valence-electron chi connectivity index (χ2n) is 9.27. The van der Waals surface area contributed by atoms with Crippen molar-refractivity contribution in [1.82, 2.24) is 0 Å². The van der Waals surface area contributed by atoms with Crippen molar-refractivity contribution in [3.05, 3.63) is 23.3 Å². The predicted octanol–water partition coefficient (Wildman–Crippen LogP) is 6.68. The van der Waals surface area contributed by atoms with Crippen LogP contribution in [0.15, 0.2) is 12.1 Å². The van der Waals surface area contributed by atoms with Crippen molar-refractivity contribution in [2.24, 2.45) is 11.8 Å². The molecule has 0 aliphatic rings. The third-order valence-electron chi connectivity index (χ3n) is 5.08. The van der Waals surface area contributed by atoms with Crippen LogP contribution in [0.3, 0.4) is 0 Å². The van der Waals surface area contributed by atoms with Gasteiger partial charge in [0.05, 0.1) is 6.10 Å². The molecule has 0 saturated carbocycles. The molecular formula is C25H43NO3. The van der Waals surface area contributed by atoms with E-state index >= 15 is 0 Å². The Morgan fingerprint density at radius 1 is 1.00 bits per heavy atom. The zero-order chi connectivity index (χ0) is 22.2. The molecule has 0 fully saturated rings. The van der Waals surface area contributed by atoms with Crippen molar-refractivity contribution in [1.29, 1.82) is 0 Å². The fraction of sp³-hybridized carbons (Fsp3) is 0.720. The molecular weight excluding hydrogens is 362 g/mol. The van der Waals surface area contributed by atoms with Gasteiger partial charge in [-0.25, -0.2) is 0 Å². The molecule has 1 aromatic rings. The Morgan fingerprint density at radius 3 is 1.93 bits per heavy atom. The first-order chi connectivity index (χ1) is 13.5. The zero-order valence-corrected chi connectivity index (χ0v) is 20.1. The predicted molar refractivity (Wildman–Crippen MR) is 123 cm³/mol. The molecule has 166 valence electrons. The van der Waals surface area contributed by atoms with Crippen LogP contribution in [0.4, 0.5) is 5.69 Å². The summed E-state index contributed by atoms with van der Waals surface area (Å²) in [6.45, 7) is 19.5. The highest BCUT2D eigenvalue weighted by Crippen LogP contribution is 2.33. The van der Waals surface area contributed by atoms with Crippen LogP contribution in [0.5, 0.6) is 5.75 Å². The Kier molecular flexibility index (Phi) is 10.2. The minimum atomic E-state index is -0.800. The number of carbonyl (C=O) groups is 1. The number of benzene rings is 1. The van der Waals surface area contributed by atoms with Crippen LogP contribution in [-0.4, -0.2) is 24.2 Å². The molecule has 1 aromatic carbocycles. The van der Waals surface area contributed by atoms with E-state index < -0.39 is 5.60 Å². The van der Waals surface area contributed by atoms with Gasteiger partial charge >= 0.3 is 0 Å². The number of nitrogens with one attached hydrogen (secondary N) is 1. The molecule has 0 heterocycles. The van der Waals surface area contributed by atoms with Gasteiger partial charge in [0.1, 0.15) is 11.4 Å². The molecule has 1 atom stereocenters. The zero-order valence-electron chi connectivity index (χ0n) is 20.1. The van der Waals surface area contributed by atoms with Crippen LogP contribution in [0.2, 0.25) is 0 Å². The van der Waals surface area contributed by atoms with E-state index in [1.54, 1.807) is 0 Å². The summed E-state index contributed by atoms with van der Waals surface area (Å²) < 4.78 is 12.3. The highest BCUT2D eigenvalue weighted by Gasteiger charge is 2.40. The molecule has 0 saturated heterocycles. The van der Waals surface area contributed by atoms with Crippen LogP contribution in [0, 0.1) is 25.7 Å². The van der Waals surface area contributed by atoms with Gasteiger partial charge in [-0.05, 0) is 81.5 Å². The van der Waals surface area contributed by atoms with E-state index in [1.165, 1.54) is 0 Å². The number of anilines is 1. The van der Waals surface area contributed by atoms with Crippen molar-refractivity contribution >= 4 is 11.6 Å². The highest BCUT2D eigenvalue weighted by atomic mass is 16.5. The largest absolute Gasteiger partial charge is 0.490 e. The maximum atomic E-state index is 13.5. The second-order valence-corrected chi connectivity index (χ2v) is 9.27. The number of amides is 1. The molecule has 0 radical (unpaired) electrons. The van der Waals surface area contributed by atoms with Crippen LogP contribution in [-0.2, 0) is 9.53 Å². The average Bonchev–Trinajstić information content (AvgIpc) is 2.61. The van der Waals surface area contributed by atoms with Gasteiger partial charge in [0, 0.05) is 12.3 Å².